The minimum absolute atomic E-state index is 0.418. The summed E-state index contributed by atoms with van der Waals surface area (Å²) in [5.74, 6) is 0.468. The number of para-hydroxylation sites is 1. The molecule has 0 radical (unpaired) electrons. The van der Waals surface area contributed by atoms with Crippen molar-refractivity contribution in [2.24, 2.45) is 0 Å². The zero-order chi connectivity index (χ0) is 15.0. The maximum absolute atomic E-state index is 6.22. The Kier molecular flexibility index (Phi) is 3.84. The first-order valence-corrected chi connectivity index (χ1v) is 7.41. The second kappa shape index (κ2) is 5.63. The molecule has 0 atom stereocenters. The van der Waals surface area contributed by atoms with E-state index in [0.29, 0.717) is 32.8 Å². The molecule has 5 nitrogen and oxygen atoms in total. The summed E-state index contributed by atoms with van der Waals surface area (Å²) in [7, 11) is 0. The minimum atomic E-state index is 0.418. The van der Waals surface area contributed by atoms with Crippen molar-refractivity contribution in [3.63, 3.8) is 0 Å². The van der Waals surface area contributed by atoms with E-state index in [9.17, 15) is 0 Å². The number of hydrogen-bond acceptors (Lipinski definition) is 4. The summed E-state index contributed by atoms with van der Waals surface area (Å²) >= 11 is 15.7. The van der Waals surface area contributed by atoms with Crippen LogP contribution in [-0.2, 0) is 0 Å². The van der Waals surface area contributed by atoms with Gasteiger partial charge in [-0.1, -0.05) is 45.2 Å². The van der Waals surface area contributed by atoms with Gasteiger partial charge in [-0.2, -0.15) is 4.68 Å². The summed E-state index contributed by atoms with van der Waals surface area (Å²) in [6.45, 7) is 0. The highest BCUT2D eigenvalue weighted by molar-refractivity contribution is 9.10. The van der Waals surface area contributed by atoms with Crippen molar-refractivity contribution < 1.29 is 0 Å². The van der Waals surface area contributed by atoms with Crippen LogP contribution in [0.5, 0.6) is 0 Å². The summed E-state index contributed by atoms with van der Waals surface area (Å²) < 4.78 is 2.39. The molecular weight excluding hydrogens is 377 g/mol. The van der Waals surface area contributed by atoms with Crippen molar-refractivity contribution in [1.29, 1.82) is 0 Å². The molecule has 0 spiro atoms. The molecule has 0 saturated carbocycles. The average molecular weight is 385 g/mol. The minimum Gasteiger partial charge on any atom is -0.397 e. The number of aromatic nitrogens is 4. The van der Waals surface area contributed by atoms with Gasteiger partial charge in [0.2, 0.25) is 0 Å². The molecule has 3 aromatic rings. The lowest BCUT2D eigenvalue weighted by Crippen LogP contribution is -2.02. The van der Waals surface area contributed by atoms with Crippen molar-refractivity contribution in [2.75, 3.05) is 5.73 Å². The Hall–Kier alpha value is -1.63. The maximum Gasteiger partial charge on any atom is 0.189 e. The Morgan fingerprint density at radius 2 is 1.90 bits per heavy atom. The van der Waals surface area contributed by atoms with E-state index in [0.717, 1.165) is 4.47 Å². The van der Waals surface area contributed by atoms with E-state index < -0.39 is 0 Å². The monoisotopic (exact) mass is 383 g/mol. The van der Waals surface area contributed by atoms with Crippen molar-refractivity contribution in [2.45, 2.75) is 0 Å². The van der Waals surface area contributed by atoms with Crippen LogP contribution in [0.3, 0.4) is 0 Å². The lowest BCUT2D eigenvalue weighted by molar-refractivity contribution is 0.791. The number of rotatable bonds is 2. The summed E-state index contributed by atoms with van der Waals surface area (Å²) in [4.78, 5) is 0. The van der Waals surface area contributed by atoms with Crippen molar-refractivity contribution in [1.82, 2.24) is 20.2 Å². The number of nitrogens with two attached hydrogens (primary N) is 1. The number of hydrogen-bond donors (Lipinski definition) is 1. The Morgan fingerprint density at radius 3 is 2.71 bits per heavy atom. The molecule has 1 heterocycles. The molecule has 0 aliphatic carbocycles. The van der Waals surface area contributed by atoms with Crippen molar-refractivity contribution >= 4 is 44.8 Å². The second-order valence-electron chi connectivity index (χ2n) is 4.21. The number of benzene rings is 2. The highest BCUT2D eigenvalue weighted by atomic mass is 79.9. The smallest absolute Gasteiger partial charge is 0.189 e. The summed E-state index contributed by atoms with van der Waals surface area (Å²) in [5, 5.41) is 12.7. The zero-order valence-corrected chi connectivity index (χ0v) is 13.6. The fraction of sp³-hybridized carbons (Fsp3) is 0. The summed E-state index contributed by atoms with van der Waals surface area (Å²) in [6.07, 6.45) is 0. The van der Waals surface area contributed by atoms with E-state index in [4.69, 9.17) is 28.9 Å². The predicted molar refractivity (Wildman–Crippen MR) is 86.7 cm³/mol. The second-order valence-corrected chi connectivity index (χ2v) is 5.94. The van der Waals surface area contributed by atoms with Gasteiger partial charge in [-0.3, -0.25) is 0 Å². The first kappa shape index (κ1) is 14.3. The average Bonchev–Trinajstić information content (AvgIpc) is 2.93. The number of anilines is 1. The van der Waals surface area contributed by atoms with Crippen LogP contribution >= 0.6 is 39.1 Å². The van der Waals surface area contributed by atoms with Crippen LogP contribution in [0.4, 0.5) is 5.69 Å². The third-order valence-electron chi connectivity index (χ3n) is 2.90. The zero-order valence-electron chi connectivity index (χ0n) is 10.5. The molecular formula is C13H8BrCl2N5. The Labute approximate surface area is 138 Å². The van der Waals surface area contributed by atoms with Gasteiger partial charge >= 0.3 is 0 Å². The molecule has 8 heteroatoms. The predicted octanol–water partition coefficient (Wildman–Crippen LogP) is 3.98. The third kappa shape index (κ3) is 2.62. The lowest BCUT2D eigenvalue weighted by atomic mass is 10.1. The van der Waals surface area contributed by atoms with Crippen LogP contribution in [0.25, 0.3) is 17.1 Å². The Balaban J connectivity index is 2.22. The number of nitrogens with zero attached hydrogens (tertiary/aromatic N) is 4. The molecule has 3 rings (SSSR count). The third-order valence-corrected chi connectivity index (χ3v) is 4.04. The molecule has 0 bridgehead atoms. The number of tetrazole rings is 1. The number of nitrogen functional groups attached to an aromatic ring is 1. The number of halogens is 3. The quantitative estimate of drug-likeness (QED) is 0.678. The SMILES string of the molecule is Nc1c(Cl)cccc1-c1nnnn1-c1cc(Br)ccc1Cl. The van der Waals surface area contributed by atoms with E-state index in [1.165, 1.54) is 4.68 Å². The van der Waals surface area contributed by atoms with Crippen LogP contribution in [0.15, 0.2) is 40.9 Å². The highest BCUT2D eigenvalue weighted by Gasteiger charge is 2.16. The van der Waals surface area contributed by atoms with Crippen LogP contribution in [0.1, 0.15) is 0 Å². The molecule has 0 aliphatic rings. The fourth-order valence-corrected chi connectivity index (χ4v) is 2.62. The van der Waals surface area contributed by atoms with Gasteiger partial charge in [-0.05, 0) is 40.8 Å². The molecule has 0 fully saturated rings. The first-order valence-electron chi connectivity index (χ1n) is 5.86. The molecule has 2 N–H and O–H groups in total. The van der Waals surface area contributed by atoms with Crippen LogP contribution < -0.4 is 5.73 Å². The van der Waals surface area contributed by atoms with E-state index in [1.807, 2.05) is 12.1 Å². The summed E-state index contributed by atoms with van der Waals surface area (Å²) in [5.41, 5.74) is 7.71. The van der Waals surface area contributed by atoms with Gasteiger partial charge in [-0.15, -0.1) is 5.10 Å². The van der Waals surface area contributed by atoms with Gasteiger partial charge in [-0.25, -0.2) is 0 Å². The summed E-state index contributed by atoms with van der Waals surface area (Å²) in [6, 6.07) is 10.7. The van der Waals surface area contributed by atoms with Gasteiger partial charge in [0, 0.05) is 10.0 Å². The maximum atomic E-state index is 6.22. The Morgan fingerprint density at radius 1 is 1.10 bits per heavy atom. The van der Waals surface area contributed by atoms with E-state index in [2.05, 4.69) is 31.5 Å². The first-order chi connectivity index (χ1) is 10.1. The van der Waals surface area contributed by atoms with Gasteiger partial charge in [0.05, 0.1) is 21.4 Å². The molecule has 0 unspecified atom stereocenters. The van der Waals surface area contributed by atoms with Crippen LogP contribution in [0, 0.1) is 0 Å². The molecule has 0 aliphatic heterocycles. The molecule has 106 valence electrons. The van der Waals surface area contributed by atoms with E-state index in [-0.39, 0.29) is 0 Å². The largest absolute Gasteiger partial charge is 0.397 e. The molecule has 2 aromatic carbocycles. The van der Waals surface area contributed by atoms with Gasteiger partial charge in [0.25, 0.3) is 0 Å². The van der Waals surface area contributed by atoms with Crippen LogP contribution in [-0.4, -0.2) is 20.2 Å². The van der Waals surface area contributed by atoms with E-state index in [1.54, 1.807) is 24.3 Å². The van der Waals surface area contributed by atoms with Gasteiger partial charge < -0.3 is 5.73 Å². The van der Waals surface area contributed by atoms with Crippen molar-refractivity contribution in [3.05, 3.63) is 50.9 Å². The Bertz CT molecular complexity index is 802. The molecule has 1 aromatic heterocycles. The standard InChI is InChI=1S/C13H8BrCl2N5/c14-7-4-5-9(15)11(6-7)21-13(18-19-20-21)8-2-1-3-10(16)12(8)17/h1-6H,17H2. The lowest BCUT2D eigenvalue weighted by Gasteiger charge is -2.09. The normalized spacial score (nSPS) is 10.8. The van der Waals surface area contributed by atoms with Gasteiger partial charge in [0.15, 0.2) is 5.82 Å². The fourth-order valence-electron chi connectivity index (χ4n) is 1.90. The highest BCUT2D eigenvalue weighted by Crippen LogP contribution is 2.32. The topological polar surface area (TPSA) is 69.6 Å². The van der Waals surface area contributed by atoms with E-state index >= 15 is 0 Å². The van der Waals surface area contributed by atoms with Crippen LogP contribution in [0.2, 0.25) is 10.0 Å². The molecule has 0 saturated heterocycles. The van der Waals surface area contributed by atoms with Gasteiger partial charge in [0.1, 0.15) is 0 Å². The molecule has 0 amide bonds. The van der Waals surface area contributed by atoms with Crippen molar-refractivity contribution in [3.8, 4) is 17.1 Å². The molecule has 21 heavy (non-hydrogen) atoms.